The Morgan fingerprint density at radius 3 is 3.00 bits per heavy atom. The van der Waals surface area contributed by atoms with E-state index in [1.165, 1.54) is 11.3 Å². The van der Waals surface area contributed by atoms with Crippen molar-refractivity contribution in [3.63, 3.8) is 0 Å². The van der Waals surface area contributed by atoms with Crippen molar-refractivity contribution in [1.29, 1.82) is 0 Å². The number of anilines is 1. The molecular weight excluding hydrogens is 224 g/mol. The third kappa shape index (κ3) is 1.98. The Kier molecular flexibility index (Phi) is 2.78. The highest BCUT2D eigenvalue weighted by atomic mass is 15.3. The summed E-state index contributed by atoms with van der Waals surface area (Å²) in [5, 5.41) is 7.76. The van der Waals surface area contributed by atoms with Gasteiger partial charge in [0.05, 0.1) is 0 Å². The van der Waals surface area contributed by atoms with Crippen molar-refractivity contribution in [2.45, 2.75) is 25.8 Å². The van der Waals surface area contributed by atoms with Crippen LogP contribution in [0.25, 0.3) is 0 Å². The minimum atomic E-state index is 0.433. The van der Waals surface area contributed by atoms with Crippen LogP contribution in [0.4, 0.5) is 5.69 Å². The summed E-state index contributed by atoms with van der Waals surface area (Å²) in [5.41, 5.74) is 2.68. The fraction of sp³-hybridized carbons (Fsp3) is 0.429. The van der Waals surface area contributed by atoms with Gasteiger partial charge in [0.2, 0.25) is 0 Å². The normalized spacial score (nSPS) is 22.3. The number of benzene rings is 1. The van der Waals surface area contributed by atoms with Gasteiger partial charge >= 0.3 is 0 Å². The maximum absolute atomic E-state index is 4.31. The first kappa shape index (κ1) is 11.3. The van der Waals surface area contributed by atoms with Gasteiger partial charge in [0.1, 0.15) is 12.2 Å². The molecule has 2 aromatic rings. The maximum Gasteiger partial charge on any atom is 0.138 e. The van der Waals surface area contributed by atoms with E-state index >= 15 is 0 Å². The minimum absolute atomic E-state index is 0.433. The lowest BCUT2D eigenvalue weighted by Crippen LogP contribution is -2.35. The molecule has 0 saturated carbocycles. The first-order valence-electron chi connectivity index (χ1n) is 6.41. The van der Waals surface area contributed by atoms with Gasteiger partial charge in [-0.1, -0.05) is 25.1 Å². The molecule has 1 aliphatic heterocycles. The van der Waals surface area contributed by atoms with Crippen LogP contribution in [0.15, 0.2) is 30.6 Å². The fourth-order valence-corrected chi connectivity index (χ4v) is 2.62. The summed E-state index contributed by atoms with van der Waals surface area (Å²) in [7, 11) is 1.95. The molecule has 0 saturated heterocycles. The Bertz CT molecular complexity index is 546. The van der Waals surface area contributed by atoms with E-state index in [0.717, 1.165) is 18.7 Å². The zero-order valence-electron chi connectivity index (χ0n) is 10.8. The second kappa shape index (κ2) is 4.44. The van der Waals surface area contributed by atoms with Crippen LogP contribution in [-0.4, -0.2) is 20.8 Å². The van der Waals surface area contributed by atoms with Gasteiger partial charge in [0.25, 0.3) is 0 Å². The summed E-state index contributed by atoms with van der Waals surface area (Å²) >= 11 is 0. The van der Waals surface area contributed by atoms with Crippen molar-refractivity contribution >= 4 is 5.69 Å². The number of para-hydroxylation sites is 1. The maximum atomic E-state index is 4.31. The summed E-state index contributed by atoms with van der Waals surface area (Å²) in [6.45, 7) is 2.30. The summed E-state index contributed by atoms with van der Waals surface area (Å²) in [6.07, 6.45) is 3.68. The van der Waals surface area contributed by atoms with E-state index in [1.54, 1.807) is 6.33 Å². The second-order valence-electron chi connectivity index (χ2n) is 5.09. The van der Waals surface area contributed by atoms with E-state index in [2.05, 4.69) is 46.6 Å². The second-order valence-corrected chi connectivity index (χ2v) is 5.09. The van der Waals surface area contributed by atoms with E-state index in [0.29, 0.717) is 12.0 Å². The molecule has 1 aromatic heterocycles. The first-order valence-corrected chi connectivity index (χ1v) is 6.41. The number of aryl methyl sites for hydroxylation is 1. The van der Waals surface area contributed by atoms with E-state index < -0.39 is 0 Å². The van der Waals surface area contributed by atoms with Crippen molar-refractivity contribution in [3.05, 3.63) is 42.0 Å². The Morgan fingerprint density at radius 1 is 1.39 bits per heavy atom. The quantitative estimate of drug-likeness (QED) is 0.876. The number of hydrogen-bond donors (Lipinski definition) is 1. The van der Waals surface area contributed by atoms with E-state index in [9.17, 15) is 0 Å². The zero-order valence-corrected chi connectivity index (χ0v) is 10.8. The predicted octanol–water partition coefficient (Wildman–Crippen LogP) is 2.03. The monoisotopic (exact) mass is 242 g/mol. The van der Waals surface area contributed by atoms with Crippen molar-refractivity contribution in [2.75, 3.05) is 5.32 Å². The summed E-state index contributed by atoms with van der Waals surface area (Å²) in [5.74, 6) is 1.65. The molecule has 0 bridgehead atoms. The van der Waals surface area contributed by atoms with Crippen LogP contribution in [0.2, 0.25) is 0 Å². The number of aromatic nitrogens is 3. The number of hydrogen-bond acceptors (Lipinski definition) is 3. The Hall–Kier alpha value is -1.84. The van der Waals surface area contributed by atoms with Crippen molar-refractivity contribution in [2.24, 2.45) is 13.0 Å². The molecule has 2 heterocycles. The molecule has 1 aromatic carbocycles. The van der Waals surface area contributed by atoms with Crippen molar-refractivity contribution < 1.29 is 0 Å². The zero-order chi connectivity index (χ0) is 12.5. The topological polar surface area (TPSA) is 42.7 Å². The van der Waals surface area contributed by atoms with Crippen LogP contribution in [-0.2, 0) is 19.9 Å². The lowest BCUT2D eigenvalue weighted by molar-refractivity contribution is 0.449. The van der Waals surface area contributed by atoms with Gasteiger partial charge in [-0.05, 0) is 24.0 Å². The lowest BCUT2D eigenvalue weighted by atomic mass is 9.87. The lowest BCUT2D eigenvalue weighted by Gasteiger charge is -2.32. The van der Waals surface area contributed by atoms with Gasteiger partial charge in [0, 0.05) is 25.2 Å². The number of nitrogens with one attached hydrogen (secondary N) is 1. The van der Waals surface area contributed by atoms with Crippen molar-refractivity contribution in [1.82, 2.24) is 14.8 Å². The highest BCUT2D eigenvalue weighted by Crippen LogP contribution is 2.29. The van der Waals surface area contributed by atoms with Gasteiger partial charge in [-0.15, -0.1) is 0 Å². The van der Waals surface area contributed by atoms with Crippen LogP contribution in [0, 0.1) is 5.92 Å². The largest absolute Gasteiger partial charge is 0.381 e. The first-order chi connectivity index (χ1) is 8.74. The smallest absolute Gasteiger partial charge is 0.138 e. The molecule has 18 heavy (non-hydrogen) atoms. The molecule has 0 amide bonds. The highest BCUT2D eigenvalue weighted by Gasteiger charge is 2.25. The third-order valence-corrected chi connectivity index (χ3v) is 3.79. The Labute approximate surface area is 107 Å². The van der Waals surface area contributed by atoms with Crippen LogP contribution >= 0.6 is 0 Å². The molecule has 1 N–H and O–H groups in total. The Morgan fingerprint density at radius 2 is 2.22 bits per heavy atom. The average Bonchev–Trinajstić information content (AvgIpc) is 2.76. The highest BCUT2D eigenvalue weighted by molar-refractivity contribution is 5.54. The number of rotatable bonds is 2. The molecule has 2 unspecified atom stereocenters. The molecule has 0 fully saturated rings. The van der Waals surface area contributed by atoms with Gasteiger partial charge in [-0.25, -0.2) is 4.98 Å². The van der Waals surface area contributed by atoms with Gasteiger partial charge in [-0.2, -0.15) is 5.10 Å². The average molecular weight is 242 g/mol. The third-order valence-electron chi connectivity index (χ3n) is 3.79. The predicted molar refractivity (Wildman–Crippen MR) is 71.4 cm³/mol. The molecule has 1 aliphatic rings. The standard InChI is InChI=1S/C14H18N4/c1-10-7-11-5-3-4-6-12(11)17-13(10)8-14-15-9-16-18(14)2/h3-6,9-10,13,17H,7-8H2,1-2H3. The summed E-state index contributed by atoms with van der Waals surface area (Å²) in [6, 6.07) is 8.99. The van der Waals surface area contributed by atoms with Crippen LogP contribution < -0.4 is 5.32 Å². The van der Waals surface area contributed by atoms with Gasteiger partial charge in [-0.3, -0.25) is 4.68 Å². The molecule has 3 rings (SSSR count). The fourth-order valence-electron chi connectivity index (χ4n) is 2.62. The minimum Gasteiger partial charge on any atom is -0.381 e. The van der Waals surface area contributed by atoms with E-state index in [4.69, 9.17) is 0 Å². The van der Waals surface area contributed by atoms with Crippen LogP contribution in [0.5, 0.6) is 0 Å². The molecule has 2 atom stereocenters. The van der Waals surface area contributed by atoms with Crippen LogP contribution in [0.3, 0.4) is 0 Å². The molecule has 0 spiro atoms. The molecule has 94 valence electrons. The van der Waals surface area contributed by atoms with Gasteiger partial charge < -0.3 is 5.32 Å². The molecule has 0 aliphatic carbocycles. The summed E-state index contributed by atoms with van der Waals surface area (Å²) in [4.78, 5) is 4.31. The molecular formula is C14H18N4. The van der Waals surface area contributed by atoms with E-state index in [-0.39, 0.29) is 0 Å². The van der Waals surface area contributed by atoms with Crippen molar-refractivity contribution in [3.8, 4) is 0 Å². The summed E-state index contributed by atoms with van der Waals surface area (Å²) < 4.78 is 1.86. The van der Waals surface area contributed by atoms with E-state index in [1.807, 2.05) is 11.7 Å². The Balaban J connectivity index is 1.81. The van der Waals surface area contributed by atoms with Gasteiger partial charge in [0.15, 0.2) is 0 Å². The SMILES string of the molecule is CC1Cc2ccccc2NC1Cc1ncnn1C. The molecule has 0 radical (unpaired) electrons. The number of nitrogens with zero attached hydrogens (tertiary/aromatic N) is 3. The van der Waals surface area contributed by atoms with Crippen LogP contribution in [0.1, 0.15) is 18.3 Å². The molecule has 4 heteroatoms. The molecule has 4 nitrogen and oxygen atoms in total. The number of fused-ring (bicyclic) bond motifs is 1.